The largest absolute Gasteiger partial charge is 0.455 e. The quantitative estimate of drug-likeness (QED) is 0.779. The maximum atomic E-state index is 12.0. The van der Waals surface area contributed by atoms with Crippen LogP contribution in [-0.4, -0.2) is 30.3 Å². The summed E-state index contributed by atoms with van der Waals surface area (Å²) in [5, 5.41) is 2.66. The predicted octanol–water partition coefficient (Wildman–Crippen LogP) is 2.43. The minimum absolute atomic E-state index is 0.0838. The summed E-state index contributed by atoms with van der Waals surface area (Å²) in [6, 6.07) is 8.89. The summed E-state index contributed by atoms with van der Waals surface area (Å²) >= 11 is 0. The Bertz CT molecular complexity index is 564. The zero-order valence-corrected chi connectivity index (χ0v) is 14.1. The molecule has 5 nitrogen and oxygen atoms in total. The van der Waals surface area contributed by atoms with E-state index in [1.165, 1.54) is 6.92 Å². The van der Waals surface area contributed by atoms with Crippen molar-refractivity contribution in [3.63, 3.8) is 0 Å². The van der Waals surface area contributed by atoms with Crippen LogP contribution in [0.15, 0.2) is 30.3 Å². The van der Waals surface area contributed by atoms with Gasteiger partial charge in [-0.2, -0.15) is 0 Å². The van der Waals surface area contributed by atoms with Crippen molar-refractivity contribution in [3.05, 3.63) is 35.9 Å². The number of nitrogens with one attached hydrogen (secondary N) is 1. The van der Waals surface area contributed by atoms with Crippen molar-refractivity contribution in [1.29, 1.82) is 0 Å². The van der Waals surface area contributed by atoms with Crippen molar-refractivity contribution >= 4 is 17.7 Å². The molecule has 1 N–H and O–H groups in total. The fourth-order valence-electron chi connectivity index (χ4n) is 2.98. The highest BCUT2D eigenvalue weighted by Crippen LogP contribution is 2.24. The minimum atomic E-state index is -0.603. The first-order valence-electron chi connectivity index (χ1n) is 8.56. The van der Waals surface area contributed by atoms with Crippen LogP contribution < -0.4 is 5.32 Å². The molecule has 0 unspecified atom stereocenters. The molecule has 1 atom stereocenters. The summed E-state index contributed by atoms with van der Waals surface area (Å²) in [7, 11) is 0. The van der Waals surface area contributed by atoms with Crippen LogP contribution in [-0.2, 0) is 25.5 Å². The molecular weight excluding hydrogens is 306 g/mol. The Morgan fingerprint density at radius 2 is 1.79 bits per heavy atom. The summed E-state index contributed by atoms with van der Waals surface area (Å²) in [6.07, 6.45) is 5.34. The zero-order valence-electron chi connectivity index (χ0n) is 14.1. The van der Waals surface area contributed by atoms with Crippen LogP contribution in [0.2, 0.25) is 0 Å². The Morgan fingerprint density at radius 1 is 1.12 bits per heavy atom. The van der Waals surface area contributed by atoms with Crippen LogP contribution in [0.5, 0.6) is 0 Å². The second kappa shape index (κ2) is 9.21. The highest BCUT2D eigenvalue weighted by molar-refractivity contribution is 5.89. The Balaban J connectivity index is 1.80. The molecule has 2 rings (SSSR count). The summed E-state index contributed by atoms with van der Waals surface area (Å²) in [6.45, 7) is 1.12. The molecule has 24 heavy (non-hydrogen) atoms. The van der Waals surface area contributed by atoms with Gasteiger partial charge in [-0.1, -0.05) is 49.6 Å². The number of ketones is 1. The highest BCUT2D eigenvalue weighted by Gasteiger charge is 2.24. The van der Waals surface area contributed by atoms with Crippen molar-refractivity contribution in [2.24, 2.45) is 5.92 Å². The van der Waals surface area contributed by atoms with E-state index in [1.807, 2.05) is 30.3 Å². The van der Waals surface area contributed by atoms with Crippen LogP contribution in [0.4, 0.5) is 0 Å². The number of carbonyl (C=O) groups excluding carboxylic acids is 3. The molecule has 0 heterocycles. The van der Waals surface area contributed by atoms with Gasteiger partial charge in [0.05, 0.1) is 12.0 Å². The number of carbonyl (C=O) groups is 3. The SMILES string of the molecule is CC(=O)[C@@H](Cc1ccccc1)NC(=O)COC(=O)C1CCCCC1. The lowest BCUT2D eigenvalue weighted by atomic mass is 9.89. The molecular formula is C19H25NO4. The molecule has 1 saturated carbocycles. The van der Waals surface area contributed by atoms with E-state index in [0.29, 0.717) is 6.42 Å². The summed E-state index contributed by atoms with van der Waals surface area (Å²) in [5.74, 6) is -0.937. The van der Waals surface area contributed by atoms with E-state index in [4.69, 9.17) is 4.74 Å². The maximum absolute atomic E-state index is 12.0. The van der Waals surface area contributed by atoms with Gasteiger partial charge in [-0.25, -0.2) is 0 Å². The Labute approximate surface area is 142 Å². The number of amides is 1. The molecule has 5 heteroatoms. The monoisotopic (exact) mass is 331 g/mol. The lowest BCUT2D eigenvalue weighted by molar-refractivity contribution is -0.153. The average molecular weight is 331 g/mol. The number of ether oxygens (including phenoxy) is 1. The molecule has 0 radical (unpaired) electrons. The number of benzene rings is 1. The predicted molar refractivity (Wildman–Crippen MR) is 90.3 cm³/mol. The fraction of sp³-hybridized carbons (Fsp3) is 0.526. The third-order valence-corrected chi connectivity index (χ3v) is 4.39. The van der Waals surface area contributed by atoms with Crippen molar-refractivity contribution in [3.8, 4) is 0 Å². The van der Waals surface area contributed by atoms with Crippen molar-refractivity contribution in [1.82, 2.24) is 5.32 Å². The van der Waals surface area contributed by atoms with Crippen molar-refractivity contribution < 1.29 is 19.1 Å². The van der Waals surface area contributed by atoms with Gasteiger partial charge in [0.1, 0.15) is 0 Å². The normalized spacial score (nSPS) is 16.2. The molecule has 1 fully saturated rings. The molecule has 1 aromatic carbocycles. The van der Waals surface area contributed by atoms with Gasteiger partial charge < -0.3 is 10.1 Å². The van der Waals surface area contributed by atoms with E-state index in [2.05, 4.69) is 5.32 Å². The second-order valence-electron chi connectivity index (χ2n) is 6.36. The lowest BCUT2D eigenvalue weighted by Gasteiger charge is -2.20. The molecule has 1 aromatic rings. The van der Waals surface area contributed by atoms with Crippen LogP contribution >= 0.6 is 0 Å². The average Bonchev–Trinajstić information content (AvgIpc) is 2.60. The molecule has 1 aliphatic rings. The first kappa shape index (κ1) is 18.2. The molecule has 1 aliphatic carbocycles. The first-order chi connectivity index (χ1) is 11.6. The topological polar surface area (TPSA) is 72.5 Å². The van der Waals surface area contributed by atoms with Crippen LogP contribution in [0.3, 0.4) is 0 Å². The van der Waals surface area contributed by atoms with Gasteiger partial charge in [-0.15, -0.1) is 0 Å². The van der Waals surface area contributed by atoms with Crippen molar-refractivity contribution in [2.45, 2.75) is 51.5 Å². The first-order valence-corrected chi connectivity index (χ1v) is 8.56. The smallest absolute Gasteiger partial charge is 0.309 e. The van der Waals surface area contributed by atoms with Gasteiger partial charge >= 0.3 is 5.97 Å². The third-order valence-electron chi connectivity index (χ3n) is 4.39. The van der Waals surface area contributed by atoms with E-state index in [1.54, 1.807) is 0 Å². The summed E-state index contributed by atoms with van der Waals surface area (Å²) in [4.78, 5) is 35.7. The van der Waals surface area contributed by atoms with E-state index in [9.17, 15) is 14.4 Å². The molecule has 0 aromatic heterocycles. The van der Waals surface area contributed by atoms with Crippen LogP contribution in [0.25, 0.3) is 0 Å². The Morgan fingerprint density at radius 3 is 2.42 bits per heavy atom. The minimum Gasteiger partial charge on any atom is -0.455 e. The molecule has 0 aliphatic heterocycles. The fourth-order valence-corrected chi connectivity index (χ4v) is 2.98. The molecule has 0 saturated heterocycles. The summed E-state index contributed by atoms with van der Waals surface area (Å²) < 4.78 is 5.11. The standard InChI is InChI=1S/C19H25NO4/c1-14(21)17(12-15-8-4-2-5-9-15)20-18(22)13-24-19(23)16-10-6-3-7-11-16/h2,4-5,8-9,16-17H,3,6-7,10-13H2,1H3,(H,20,22)/t17-/m1/s1. The Kier molecular flexibility index (Phi) is 6.97. The van der Waals surface area contributed by atoms with E-state index < -0.39 is 11.9 Å². The molecule has 0 spiro atoms. The van der Waals surface area contributed by atoms with E-state index >= 15 is 0 Å². The second-order valence-corrected chi connectivity index (χ2v) is 6.36. The third kappa shape index (κ3) is 5.80. The maximum Gasteiger partial charge on any atom is 0.309 e. The number of rotatable bonds is 7. The van der Waals surface area contributed by atoms with Gasteiger partial charge in [0, 0.05) is 0 Å². The zero-order chi connectivity index (χ0) is 17.4. The van der Waals surface area contributed by atoms with Gasteiger partial charge in [0.2, 0.25) is 0 Å². The van der Waals surface area contributed by atoms with Gasteiger partial charge in [0.25, 0.3) is 5.91 Å². The number of hydrogen-bond acceptors (Lipinski definition) is 4. The molecule has 0 bridgehead atoms. The van der Waals surface area contributed by atoms with Gasteiger partial charge in [-0.3, -0.25) is 14.4 Å². The number of Topliss-reactive ketones (excluding diaryl/α,β-unsaturated/α-hetero) is 1. The van der Waals surface area contributed by atoms with E-state index in [0.717, 1.165) is 37.7 Å². The van der Waals surface area contributed by atoms with Crippen LogP contribution in [0.1, 0.15) is 44.6 Å². The molecule has 1 amide bonds. The highest BCUT2D eigenvalue weighted by atomic mass is 16.5. The Hall–Kier alpha value is -2.17. The lowest BCUT2D eigenvalue weighted by Crippen LogP contribution is -2.43. The summed E-state index contributed by atoms with van der Waals surface area (Å²) in [5.41, 5.74) is 0.970. The molecule has 130 valence electrons. The van der Waals surface area contributed by atoms with Gasteiger partial charge in [-0.05, 0) is 31.7 Å². The number of esters is 1. The number of hydrogen-bond donors (Lipinski definition) is 1. The van der Waals surface area contributed by atoms with E-state index in [-0.39, 0.29) is 24.3 Å². The van der Waals surface area contributed by atoms with Crippen LogP contribution in [0, 0.1) is 5.92 Å². The van der Waals surface area contributed by atoms with Gasteiger partial charge in [0.15, 0.2) is 12.4 Å². The van der Waals surface area contributed by atoms with Crippen molar-refractivity contribution in [2.75, 3.05) is 6.61 Å².